The molecule has 11 nitrogen and oxygen atoms in total. The van der Waals surface area contributed by atoms with E-state index in [4.69, 9.17) is 21.0 Å². The van der Waals surface area contributed by atoms with Gasteiger partial charge in [-0.25, -0.2) is 18.8 Å². The standard InChI is InChI=1S/C20H15F4N3O8S/c21-10-5-8(16(25)26)1-3-12(10)34-18(32)13-4-2-9(36-13)6-14(28)27-11(17(30)31)7-15(29)35-19(33)20(22,23)24/h1-5,11H,6-7H2,(H3,25,26)(H,27,28)(H,30,31)/t11-/m0/s1. The Morgan fingerprint density at radius 3 is 2.36 bits per heavy atom. The molecule has 0 aliphatic carbocycles. The Hall–Kier alpha value is -4.34. The van der Waals surface area contributed by atoms with Crippen LogP contribution in [0.3, 0.4) is 0 Å². The Morgan fingerprint density at radius 1 is 1.14 bits per heavy atom. The number of carbonyl (C=O) groups is 5. The summed E-state index contributed by atoms with van der Waals surface area (Å²) in [4.78, 5) is 57.8. The van der Waals surface area contributed by atoms with Crippen LogP contribution in [0.25, 0.3) is 0 Å². The lowest BCUT2D eigenvalue weighted by Crippen LogP contribution is -2.43. The molecule has 0 aliphatic heterocycles. The van der Waals surface area contributed by atoms with Crippen LogP contribution in [-0.2, 0) is 30.3 Å². The molecule has 0 bridgehead atoms. The van der Waals surface area contributed by atoms with Crippen LogP contribution in [0.2, 0.25) is 0 Å². The highest BCUT2D eigenvalue weighted by Crippen LogP contribution is 2.23. The van der Waals surface area contributed by atoms with E-state index in [1.807, 2.05) is 5.32 Å². The Kier molecular flexibility index (Phi) is 8.83. The number of hydrogen-bond acceptors (Lipinski definition) is 9. The lowest BCUT2D eigenvalue weighted by atomic mass is 10.2. The van der Waals surface area contributed by atoms with E-state index >= 15 is 0 Å². The number of hydrogen-bond donors (Lipinski definition) is 4. The summed E-state index contributed by atoms with van der Waals surface area (Å²) in [6.07, 6.45) is -7.24. The van der Waals surface area contributed by atoms with Crippen LogP contribution >= 0.6 is 11.3 Å². The maximum absolute atomic E-state index is 14.0. The molecular weight excluding hydrogens is 518 g/mol. The van der Waals surface area contributed by atoms with E-state index in [-0.39, 0.29) is 15.3 Å². The van der Waals surface area contributed by atoms with Crippen molar-refractivity contribution in [1.82, 2.24) is 5.32 Å². The summed E-state index contributed by atoms with van der Waals surface area (Å²) in [6.45, 7) is 0. The number of amides is 1. The largest absolute Gasteiger partial charge is 0.491 e. The topological polar surface area (TPSA) is 186 Å². The van der Waals surface area contributed by atoms with Gasteiger partial charge in [-0.1, -0.05) is 0 Å². The molecule has 1 atom stereocenters. The molecule has 5 N–H and O–H groups in total. The summed E-state index contributed by atoms with van der Waals surface area (Å²) < 4.78 is 58.8. The molecule has 192 valence electrons. The average molecular weight is 533 g/mol. The number of amidine groups is 1. The molecule has 0 spiro atoms. The maximum atomic E-state index is 14.0. The summed E-state index contributed by atoms with van der Waals surface area (Å²) in [6, 6.07) is 3.78. The normalized spacial score (nSPS) is 11.8. The number of thiophene rings is 1. The number of alkyl halides is 3. The van der Waals surface area contributed by atoms with Crippen LogP contribution in [0, 0.1) is 11.2 Å². The summed E-state index contributed by atoms with van der Waals surface area (Å²) in [5, 5.41) is 18.2. The first-order chi connectivity index (χ1) is 16.7. The van der Waals surface area contributed by atoms with Crippen molar-refractivity contribution in [2.75, 3.05) is 0 Å². The quantitative estimate of drug-likeness (QED) is 0.0926. The number of esters is 3. The fourth-order valence-corrected chi connectivity index (χ4v) is 3.34. The minimum atomic E-state index is -5.47. The minimum Gasteiger partial charge on any atom is -0.480 e. The molecule has 1 aromatic carbocycles. The highest BCUT2D eigenvalue weighted by molar-refractivity contribution is 7.14. The Morgan fingerprint density at radius 2 is 1.81 bits per heavy atom. The van der Waals surface area contributed by atoms with Crippen LogP contribution in [0.4, 0.5) is 17.6 Å². The molecule has 36 heavy (non-hydrogen) atoms. The third-order valence-corrected chi connectivity index (χ3v) is 5.15. The predicted molar refractivity (Wildman–Crippen MR) is 112 cm³/mol. The summed E-state index contributed by atoms with van der Waals surface area (Å²) in [5.74, 6) is -10.2. The fourth-order valence-electron chi connectivity index (χ4n) is 2.46. The number of carboxylic acid groups (broad SMARTS) is 1. The number of benzene rings is 1. The first kappa shape index (κ1) is 27.9. The van der Waals surface area contributed by atoms with Gasteiger partial charge in [0, 0.05) is 10.4 Å². The van der Waals surface area contributed by atoms with Crippen molar-refractivity contribution in [2.45, 2.75) is 25.1 Å². The molecule has 0 fully saturated rings. The molecule has 0 unspecified atom stereocenters. The van der Waals surface area contributed by atoms with E-state index in [1.165, 1.54) is 18.2 Å². The molecule has 1 aromatic heterocycles. The minimum absolute atomic E-state index is 0.0585. The fraction of sp³-hybridized carbons (Fsp3) is 0.200. The van der Waals surface area contributed by atoms with E-state index in [2.05, 4.69) is 4.74 Å². The van der Waals surface area contributed by atoms with Gasteiger partial charge in [0.15, 0.2) is 11.6 Å². The number of nitrogens with two attached hydrogens (primary N) is 1. The van der Waals surface area contributed by atoms with Gasteiger partial charge in [0.25, 0.3) is 0 Å². The molecule has 0 radical (unpaired) electrons. The van der Waals surface area contributed by atoms with Crippen molar-refractivity contribution < 1.29 is 56.1 Å². The zero-order valence-electron chi connectivity index (χ0n) is 17.7. The second-order valence-corrected chi connectivity index (χ2v) is 7.98. The van der Waals surface area contributed by atoms with Gasteiger partial charge in [-0.05, 0) is 30.3 Å². The molecular formula is C20H15F4N3O8S. The van der Waals surface area contributed by atoms with Gasteiger partial charge in [0.1, 0.15) is 16.8 Å². The number of ether oxygens (including phenoxy) is 2. The Balaban J connectivity index is 1.97. The van der Waals surface area contributed by atoms with Crippen molar-refractivity contribution in [1.29, 1.82) is 5.41 Å². The highest BCUT2D eigenvalue weighted by atomic mass is 32.1. The van der Waals surface area contributed by atoms with E-state index < -0.39 is 72.2 Å². The van der Waals surface area contributed by atoms with Gasteiger partial charge in [0.2, 0.25) is 5.91 Å². The van der Waals surface area contributed by atoms with E-state index in [0.29, 0.717) is 0 Å². The number of carbonyl (C=O) groups excluding carboxylic acids is 4. The smallest absolute Gasteiger partial charge is 0.480 e. The second kappa shape index (κ2) is 11.4. The first-order valence-corrected chi connectivity index (χ1v) is 10.3. The van der Waals surface area contributed by atoms with Gasteiger partial charge in [-0.2, -0.15) is 13.2 Å². The zero-order chi connectivity index (χ0) is 27.2. The monoisotopic (exact) mass is 533 g/mol. The number of nitrogens with one attached hydrogen (secondary N) is 2. The molecule has 2 rings (SSSR count). The van der Waals surface area contributed by atoms with Crippen LogP contribution < -0.4 is 15.8 Å². The van der Waals surface area contributed by atoms with E-state index in [1.54, 1.807) is 0 Å². The van der Waals surface area contributed by atoms with Gasteiger partial charge >= 0.3 is 30.1 Å². The van der Waals surface area contributed by atoms with Gasteiger partial charge in [-0.3, -0.25) is 15.0 Å². The maximum Gasteiger partial charge on any atom is 0.491 e. The van der Waals surface area contributed by atoms with Crippen molar-refractivity contribution in [2.24, 2.45) is 5.73 Å². The van der Waals surface area contributed by atoms with Gasteiger partial charge in [0.05, 0.1) is 12.8 Å². The van der Waals surface area contributed by atoms with Crippen molar-refractivity contribution in [3.63, 3.8) is 0 Å². The number of aliphatic carboxylic acids is 1. The van der Waals surface area contributed by atoms with Crippen molar-refractivity contribution >= 4 is 47.0 Å². The molecule has 16 heteroatoms. The van der Waals surface area contributed by atoms with Crippen LogP contribution in [0.1, 0.15) is 26.5 Å². The van der Waals surface area contributed by atoms with Crippen molar-refractivity contribution in [3.05, 3.63) is 51.5 Å². The third kappa shape index (κ3) is 7.86. The second-order valence-electron chi connectivity index (χ2n) is 6.81. The SMILES string of the molecule is N=C(N)c1ccc(OC(=O)c2ccc(CC(=O)N[C@@H](CC(=O)OC(=O)C(F)(F)F)C(=O)O)s2)c(F)c1. The van der Waals surface area contributed by atoms with Gasteiger partial charge < -0.3 is 25.6 Å². The average Bonchev–Trinajstić information content (AvgIpc) is 3.22. The Bertz CT molecular complexity index is 1230. The van der Waals surface area contributed by atoms with Gasteiger partial charge in [-0.15, -0.1) is 11.3 Å². The third-order valence-electron chi connectivity index (χ3n) is 4.09. The lowest BCUT2D eigenvalue weighted by molar-refractivity contribution is -0.202. The number of rotatable bonds is 9. The molecule has 1 heterocycles. The summed E-state index contributed by atoms with van der Waals surface area (Å²) in [5.41, 5.74) is 5.31. The summed E-state index contributed by atoms with van der Waals surface area (Å²) in [7, 11) is 0. The van der Waals surface area contributed by atoms with E-state index in [9.17, 15) is 41.5 Å². The molecule has 2 aromatic rings. The number of halogens is 4. The van der Waals surface area contributed by atoms with E-state index in [0.717, 1.165) is 23.5 Å². The highest BCUT2D eigenvalue weighted by Gasteiger charge is 2.43. The molecule has 0 saturated heterocycles. The van der Waals surface area contributed by atoms with Crippen LogP contribution in [0.5, 0.6) is 5.75 Å². The number of carboxylic acids is 1. The zero-order valence-corrected chi connectivity index (χ0v) is 18.5. The van der Waals surface area contributed by atoms with Crippen LogP contribution in [-0.4, -0.2) is 52.9 Å². The first-order valence-electron chi connectivity index (χ1n) is 9.46. The predicted octanol–water partition coefficient (Wildman–Crippen LogP) is 1.52. The van der Waals surface area contributed by atoms with Crippen molar-refractivity contribution in [3.8, 4) is 5.75 Å². The Labute approximate surface area is 202 Å². The molecule has 0 saturated carbocycles. The number of nitrogen functional groups attached to an aromatic ring is 1. The molecule has 0 aliphatic rings. The lowest BCUT2D eigenvalue weighted by Gasteiger charge is -2.13. The van der Waals surface area contributed by atoms with Crippen LogP contribution in [0.15, 0.2) is 30.3 Å². The summed E-state index contributed by atoms with van der Waals surface area (Å²) >= 11 is 0.742. The molecule has 1 amide bonds.